The van der Waals surface area contributed by atoms with Crippen LogP contribution >= 0.6 is 11.3 Å². The maximum absolute atomic E-state index is 12.6. The highest BCUT2D eigenvalue weighted by Crippen LogP contribution is 2.31. The van der Waals surface area contributed by atoms with E-state index in [-0.39, 0.29) is 5.91 Å². The molecule has 3 aromatic rings. The number of carbonyl (C=O) groups excluding carboxylic acids is 1. The smallest absolute Gasteiger partial charge is 0.259 e. The van der Waals surface area contributed by atoms with Crippen LogP contribution in [0.15, 0.2) is 49.1 Å². The summed E-state index contributed by atoms with van der Waals surface area (Å²) in [5.41, 5.74) is 2.44. The van der Waals surface area contributed by atoms with Crippen LogP contribution in [-0.2, 0) is 0 Å². The van der Waals surface area contributed by atoms with Gasteiger partial charge < -0.3 is 9.88 Å². The fraction of sp³-hybridized carbons (Fsp3) is 0.125. The van der Waals surface area contributed by atoms with E-state index < -0.39 is 0 Å². The van der Waals surface area contributed by atoms with Gasteiger partial charge in [0, 0.05) is 23.5 Å². The largest absolute Gasteiger partial charge is 0.320 e. The molecular weight excluding hydrogens is 282 g/mol. The van der Waals surface area contributed by atoms with E-state index in [0.717, 1.165) is 21.0 Å². The van der Waals surface area contributed by atoms with Crippen LogP contribution in [0.3, 0.4) is 0 Å². The van der Waals surface area contributed by atoms with E-state index in [2.05, 4.69) is 10.3 Å². The van der Waals surface area contributed by atoms with Crippen molar-refractivity contribution in [1.82, 2.24) is 9.55 Å². The molecule has 0 saturated carbocycles. The monoisotopic (exact) mass is 297 g/mol. The Kier molecular flexibility index (Phi) is 3.58. The number of rotatable bonds is 3. The number of hydrogen-bond acceptors (Lipinski definition) is 3. The molecule has 5 heteroatoms. The third-order valence-electron chi connectivity index (χ3n) is 3.35. The highest BCUT2D eigenvalue weighted by Gasteiger charge is 2.20. The summed E-state index contributed by atoms with van der Waals surface area (Å²) < 4.78 is 1.98. The molecule has 1 N–H and O–H groups in total. The van der Waals surface area contributed by atoms with Gasteiger partial charge in [-0.2, -0.15) is 0 Å². The molecule has 0 aliphatic heterocycles. The van der Waals surface area contributed by atoms with Gasteiger partial charge in [-0.25, -0.2) is 0 Å². The maximum Gasteiger partial charge on any atom is 0.259 e. The summed E-state index contributed by atoms with van der Waals surface area (Å²) in [7, 11) is 0. The summed E-state index contributed by atoms with van der Waals surface area (Å²) in [5, 5.41) is 3.85. The van der Waals surface area contributed by atoms with Crippen molar-refractivity contribution in [3.63, 3.8) is 0 Å². The molecule has 0 aromatic carbocycles. The topological polar surface area (TPSA) is 46.9 Å². The Bertz CT molecular complexity index is 760. The predicted octanol–water partition coefficient (Wildman–Crippen LogP) is 3.80. The summed E-state index contributed by atoms with van der Waals surface area (Å²) in [5.74, 6) is -0.103. The summed E-state index contributed by atoms with van der Waals surface area (Å²) in [6, 6.07) is 7.53. The van der Waals surface area contributed by atoms with Gasteiger partial charge in [-0.3, -0.25) is 9.78 Å². The minimum Gasteiger partial charge on any atom is -0.320 e. The Morgan fingerprint density at radius 1 is 1.24 bits per heavy atom. The first-order valence-corrected chi connectivity index (χ1v) is 7.43. The van der Waals surface area contributed by atoms with Crippen molar-refractivity contribution in [3.8, 4) is 5.00 Å². The van der Waals surface area contributed by atoms with Gasteiger partial charge >= 0.3 is 0 Å². The molecule has 0 aliphatic carbocycles. The first kappa shape index (κ1) is 13.6. The lowest BCUT2D eigenvalue weighted by atomic mass is 10.1. The molecule has 3 heterocycles. The lowest BCUT2D eigenvalue weighted by molar-refractivity contribution is 0.102. The van der Waals surface area contributed by atoms with Crippen LogP contribution in [0.4, 0.5) is 5.69 Å². The lowest BCUT2D eigenvalue weighted by Gasteiger charge is -2.08. The first-order chi connectivity index (χ1) is 10.2. The van der Waals surface area contributed by atoms with E-state index in [1.807, 2.05) is 49.0 Å². The fourth-order valence-electron chi connectivity index (χ4n) is 2.16. The lowest BCUT2D eigenvalue weighted by Crippen LogP contribution is -2.14. The molecule has 21 heavy (non-hydrogen) atoms. The van der Waals surface area contributed by atoms with Crippen LogP contribution in [0.1, 0.15) is 20.8 Å². The second kappa shape index (κ2) is 5.54. The Morgan fingerprint density at radius 3 is 2.67 bits per heavy atom. The minimum atomic E-state index is -0.103. The van der Waals surface area contributed by atoms with Crippen molar-refractivity contribution < 1.29 is 4.79 Å². The molecule has 0 fully saturated rings. The van der Waals surface area contributed by atoms with Gasteiger partial charge in [0.15, 0.2) is 0 Å². The molecule has 0 aliphatic rings. The molecule has 0 unspecified atom stereocenters. The van der Waals surface area contributed by atoms with Gasteiger partial charge in [-0.05, 0) is 43.7 Å². The van der Waals surface area contributed by atoms with Crippen LogP contribution in [-0.4, -0.2) is 15.5 Å². The number of carbonyl (C=O) groups is 1. The highest BCUT2D eigenvalue weighted by atomic mass is 32.1. The second-order valence-corrected chi connectivity index (χ2v) is 5.95. The molecule has 1 amide bonds. The van der Waals surface area contributed by atoms with Gasteiger partial charge in [0.1, 0.15) is 5.00 Å². The summed E-state index contributed by atoms with van der Waals surface area (Å²) in [4.78, 5) is 17.8. The number of nitrogens with one attached hydrogen (secondary N) is 1. The van der Waals surface area contributed by atoms with Crippen LogP contribution in [0.25, 0.3) is 5.00 Å². The van der Waals surface area contributed by atoms with Crippen molar-refractivity contribution in [3.05, 3.63) is 65.1 Å². The molecule has 0 spiro atoms. The number of thiophene rings is 1. The zero-order valence-electron chi connectivity index (χ0n) is 11.8. The Labute approximate surface area is 127 Å². The van der Waals surface area contributed by atoms with Crippen LogP contribution in [0, 0.1) is 13.8 Å². The van der Waals surface area contributed by atoms with Crippen LogP contribution in [0.5, 0.6) is 0 Å². The molecule has 0 saturated heterocycles. The van der Waals surface area contributed by atoms with Crippen molar-refractivity contribution in [2.45, 2.75) is 13.8 Å². The van der Waals surface area contributed by atoms with Crippen LogP contribution < -0.4 is 5.32 Å². The highest BCUT2D eigenvalue weighted by molar-refractivity contribution is 7.15. The average molecular weight is 297 g/mol. The third-order valence-corrected chi connectivity index (χ3v) is 4.57. The molecule has 0 radical (unpaired) electrons. The van der Waals surface area contributed by atoms with Gasteiger partial charge in [0.2, 0.25) is 0 Å². The van der Waals surface area contributed by atoms with E-state index in [1.54, 1.807) is 29.8 Å². The van der Waals surface area contributed by atoms with Crippen molar-refractivity contribution in [1.29, 1.82) is 0 Å². The summed E-state index contributed by atoms with van der Waals surface area (Å²) >= 11 is 1.62. The van der Waals surface area contributed by atoms with Crippen molar-refractivity contribution >= 4 is 22.9 Å². The van der Waals surface area contributed by atoms with E-state index in [9.17, 15) is 4.79 Å². The molecule has 0 bridgehead atoms. The predicted molar refractivity (Wildman–Crippen MR) is 85.3 cm³/mol. The molecule has 4 nitrogen and oxygen atoms in total. The SMILES string of the molecule is Cc1sc(-n2cccc2)c(C(=O)Nc2cccnc2)c1C. The number of amides is 1. The Balaban J connectivity index is 2.00. The zero-order chi connectivity index (χ0) is 14.8. The summed E-state index contributed by atoms with van der Waals surface area (Å²) in [6.45, 7) is 4.02. The second-order valence-electron chi connectivity index (χ2n) is 4.75. The quantitative estimate of drug-likeness (QED) is 0.799. The van der Waals surface area contributed by atoms with Crippen LogP contribution in [0.2, 0.25) is 0 Å². The normalized spacial score (nSPS) is 10.6. The van der Waals surface area contributed by atoms with Gasteiger partial charge in [0.25, 0.3) is 5.91 Å². The number of pyridine rings is 1. The minimum absolute atomic E-state index is 0.103. The van der Waals surface area contributed by atoms with E-state index in [4.69, 9.17) is 0 Å². The number of hydrogen-bond donors (Lipinski definition) is 1. The van der Waals surface area contributed by atoms with E-state index >= 15 is 0 Å². The maximum atomic E-state index is 12.6. The average Bonchev–Trinajstić information content (AvgIpc) is 3.09. The molecule has 3 rings (SSSR count). The van der Waals surface area contributed by atoms with Gasteiger partial charge in [-0.1, -0.05) is 0 Å². The van der Waals surface area contributed by atoms with Crippen molar-refractivity contribution in [2.24, 2.45) is 0 Å². The summed E-state index contributed by atoms with van der Waals surface area (Å²) in [6.07, 6.45) is 7.22. The standard InChI is InChI=1S/C16H15N3OS/c1-11-12(2)21-16(19-8-3-4-9-19)14(11)15(20)18-13-6-5-7-17-10-13/h3-10H,1-2H3,(H,18,20). The zero-order valence-corrected chi connectivity index (χ0v) is 12.6. The number of aromatic nitrogens is 2. The number of nitrogens with zero attached hydrogens (tertiary/aromatic N) is 2. The molecule has 0 atom stereocenters. The Morgan fingerprint density at radius 2 is 2.00 bits per heavy atom. The molecule has 106 valence electrons. The molecule has 3 aromatic heterocycles. The first-order valence-electron chi connectivity index (χ1n) is 6.61. The van der Waals surface area contributed by atoms with E-state index in [0.29, 0.717) is 5.69 Å². The van der Waals surface area contributed by atoms with Crippen molar-refractivity contribution in [2.75, 3.05) is 5.32 Å². The van der Waals surface area contributed by atoms with Gasteiger partial charge in [0.05, 0.1) is 17.4 Å². The van der Waals surface area contributed by atoms with Gasteiger partial charge in [-0.15, -0.1) is 11.3 Å². The van der Waals surface area contributed by atoms with E-state index in [1.165, 1.54) is 0 Å². The fourth-order valence-corrected chi connectivity index (χ4v) is 3.28. The number of anilines is 1. The molecular formula is C16H15N3OS. The Hall–Kier alpha value is -2.40. The number of aryl methyl sites for hydroxylation is 1. The third kappa shape index (κ3) is 2.60.